The van der Waals surface area contributed by atoms with E-state index in [0.717, 1.165) is 67.2 Å². The molecule has 0 saturated heterocycles. The van der Waals surface area contributed by atoms with Gasteiger partial charge in [0.15, 0.2) is 17.5 Å². The molecule has 0 fully saturated rings. The van der Waals surface area contributed by atoms with Gasteiger partial charge in [-0.2, -0.15) is 0 Å². The van der Waals surface area contributed by atoms with Crippen molar-refractivity contribution < 1.29 is 4.74 Å². The maximum Gasteiger partial charge on any atom is 0.167 e. The van der Waals surface area contributed by atoms with Gasteiger partial charge in [0, 0.05) is 63.7 Å². The lowest BCUT2D eigenvalue weighted by Crippen LogP contribution is -2.32. The Balaban J connectivity index is 1.16. The van der Waals surface area contributed by atoms with E-state index in [2.05, 4.69) is 107 Å². The Morgan fingerprint density at radius 2 is 0.758 bits per heavy atom. The zero-order chi connectivity index (χ0) is 41.0. The molecule has 290 valence electrons. The molecular weight excluding hydrogens is 761 g/mol. The number of pyridine rings is 3. The number of ether oxygens (including phenoxy) is 1. The Morgan fingerprint density at radius 1 is 0.323 bits per heavy atom. The van der Waals surface area contributed by atoms with E-state index < -0.39 is 5.41 Å². The number of nitrogens with zero attached hydrogens (tertiary/aromatic N) is 6. The highest BCUT2D eigenvalue weighted by Crippen LogP contribution is 2.64. The lowest BCUT2D eigenvalue weighted by Gasteiger charge is -2.40. The smallest absolute Gasteiger partial charge is 0.167 e. The van der Waals surface area contributed by atoms with Crippen LogP contribution in [0, 0.1) is 0 Å². The molecule has 62 heavy (non-hydrogen) atoms. The molecule has 1 aliphatic carbocycles. The lowest BCUT2D eigenvalue weighted by molar-refractivity contribution is 0.439. The van der Waals surface area contributed by atoms with Crippen LogP contribution < -0.4 is 4.74 Å². The second-order valence-corrected chi connectivity index (χ2v) is 15.5. The fourth-order valence-electron chi connectivity index (χ4n) is 9.29. The second kappa shape index (κ2) is 14.4. The molecule has 0 atom stereocenters. The van der Waals surface area contributed by atoms with E-state index in [9.17, 15) is 0 Å². The molecule has 6 aromatic carbocycles. The number of hydrogen-bond acceptors (Lipinski definition) is 7. The number of aromatic nitrogens is 6. The quantitative estimate of drug-likeness (QED) is 0.166. The Bertz CT molecular complexity index is 2980. The van der Waals surface area contributed by atoms with Crippen molar-refractivity contribution in [3.63, 3.8) is 0 Å². The van der Waals surface area contributed by atoms with E-state index in [1.54, 1.807) is 12.4 Å². The summed E-state index contributed by atoms with van der Waals surface area (Å²) < 4.78 is 7.50. The number of para-hydroxylation sites is 2. The van der Waals surface area contributed by atoms with Gasteiger partial charge in [0.1, 0.15) is 11.5 Å². The molecule has 0 bridgehead atoms. The third-order valence-electron chi connectivity index (χ3n) is 12.0. The molecule has 7 nitrogen and oxygen atoms in total. The predicted octanol–water partition coefficient (Wildman–Crippen LogP) is 12.5. The van der Waals surface area contributed by atoms with Crippen molar-refractivity contribution in [1.82, 2.24) is 29.9 Å². The fourth-order valence-corrected chi connectivity index (χ4v) is 9.29. The van der Waals surface area contributed by atoms with Gasteiger partial charge in [-0.05, 0) is 70.3 Å². The van der Waals surface area contributed by atoms with Gasteiger partial charge in [0.05, 0.1) is 22.4 Å². The summed E-state index contributed by atoms with van der Waals surface area (Å²) in [5, 5.41) is 0. The van der Waals surface area contributed by atoms with Gasteiger partial charge in [-0.25, -0.2) is 19.9 Å². The first kappa shape index (κ1) is 35.5. The topological polar surface area (TPSA) is 86.6 Å². The van der Waals surface area contributed by atoms with Gasteiger partial charge in [-0.15, -0.1) is 0 Å². The van der Waals surface area contributed by atoms with Crippen molar-refractivity contribution >= 4 is 0 Å². The van der Waals surface area contributed by atoms with Crippen LogP contribution in [0.5, 0.6) is 11.5 Å². The van der Waals surface area contributed by atoms with Gasteiger partial charge < -0.3 is 4.74 Å². The number of fused-ring (bicyclic) bond motifs is 9. The summed E-state index contributed by atoms with van der Waals surface area (Å²) in [7, 11) is 0. The van der Waals surface area contributed by atoms with Crippen LogP contribution in [0.3, 0.4) is 0 Å². The van der Waals surface area contributed by atoms with Crippen LogP contribution in [0.1, 0.15) is 22.3 Å². The molecule has 12 rings (SSSR count). The van der Waals surface area contributed by atoms with Crippen LogP contribution in [0.4, 0.5) is 0 Å². The van der Waals surface area contributed by atoms with Crippen molar-refractivity contribution in [3.8, 4) is 90.4 Å². The average molecular weight is 795 g/mol. The molecule has 10 aromatic rings. The third kappa shape index (κ3) is 5.59. The summed E-state index contributed by atoms with van der Waals surface area (Å²) in [6.07, 6.45) is 7.26. The molecule has 0 saturated carbocycles. The van der Waals surface area contributed by atoms with Crippen molar-refractivity contribution in [3.05, 3.63) is 229 Å². The van der Waals surface area contributed by atoms with E-state index in [1.165, 1.54) is 22.3 Å². The van der Waals surface area contributed by atoms with Crippen LogP contribution in [-0.2, 0) is 5.41 Å². The minimum atomic E-state index is -0.745. The van der Waals surface area contributed by atoms with E-state index in [1.807, 2.05) is 97.3 Å². The van der Waals surface area contributed by atoms with Gasteiger partial charge in [0.2, 0.25) is 0 Å². The maximum absolute atomic E-state index is 7.50. The standard InChI is InChI=1S/C55H34N6O/c1-3-15-35(16-4-1)52-59-53(36-17-5-2-6-18-36)61-54(60-52)43-24-12-28-47-51(43)62-50-40(39-31-48(37-19-13-29-56-33-37)58-49(32-39)38-20-14-30-57-34-38)23-11-27-46(50)55(47)44-25-9-7-21-41(44)42-22-8-10-26-45(42)55/h1-34H. The second-order valence-electron chi connectivity index (χ2n) is 15.5. The summed E-state index contributed by atoms with van der Waals surface area (Å²) in [6, 6.07) is 62.8. The summed E-state index contributed by atoms with van der Waals surface area (Å²) in [5.41, 5.74) is 13.9. The molecule has 0 radical (unpaired) electrons. The largest absolute Gasteiger partial charge is 0.455 e. The highest BCUT2D eigenvalue weighted by atomic mass is 16.5. The maximum atomic E-state index is 7.50. The monoisotopic (exact) mass is 794 g/mol. The number of benzene rings is 6. The van der Waals surface area contributed by atoms with Crippen molar-refractivity contribution in [2.24, 2.45) is 0 Å². The zero-order valence-electron chi connectivity index (χ0n) is 33.2. The first-order valence-corrected chi connectivity index (χ1v) is 20.6. The Hall–Kier alpha value is -8.42. The van der Waals surface area contributed by atoms with E-state index in [0.29, 0.717) is 23.2 Å². The zero-order valence-corrected chi connectivity index (χ0v) is 33.2. The van der Waals surface area contributed by atoms with E-state index in [4.69, 9.17) is 24.7 Å². The first-order chi connectivity index (χ1) is 30.7. The molecule has 4 aromatic heterocycles. The molecular formula is C55H34N6O. The molecule has 1 spiro atoms. The minimum Gasteiger partial charge on any atom is -0.455 e. The van der Waals surface area contributed by atoms with Gasteiger partial charge >= 0.3 is 0 Å². The van der Waals surface area contributed by atoms with Crippen LogP contribution in [0.15, 0.2) is 207 Å². The van der Waals surface area contributed by atoms with E-state index >= 15 is 0 Å². The van der Waals surface area contributed by atoms with Crippen LogP contribution >= 0.6 is 0 Å². The Kier molecular flexibility index (Phi) is 8.25. The number of rotatable bonds is 6. The van der Waals surface area contributed by atoms with Crippen molar-refractivity contribution in [2.45, 2.75) is 5.41 Å². The van der Waals surface area contributed by atoms with Crippen LogP contribution in [0.25, 0.3) is 78.9 Å². The van der Waals surface area contributed by atoms with Gasteiger partial charge in [-0.1, -0.05) is 140 Å². The first-order valence-electron chi connectivity index (χ1n) is 20.6. The van der Waals surface area contributed by atoms with E-state index in [-0.39, 0.29) is 0 Å². The summed E-state index contributed by atoms with van der Waals surface area (Å²) >= 11 is 0. The highest BCUT2D eigenvalue weighted by Gasteiger charge is 2.52. The molecule has 0 unspecified atom stereocenters. The number of hydrogen-bond donors (Lipinski definition) is 0. The fraction of sp³-hybridized carbons (Fsp3) is 0.0182. The van der Waals surface area contributed by atoms with Crippen LogP contribution in [-0.4, -0.2) is 29.9 Å². The molecule has 0 amide bonds. The normalized spacial score (nSPS) is 12.8. The molecule has 2 aliphatic rings. The SMILES string of the molecule is c1ccc(-c2nc(-c3ccccc3)nc(-c3cccc4c3Oc3c(-c5cc(-c6cccnc6)nc(-c6cccnc6)c5)cccc3C43c4ccccc4-c4ccccc43)n2)cc1. The average Bonchev–Trinajstić information content (AvgIpc) is 3.65. The third-order valence-corrected chi connectivity index (χ3v) is 12.0. The Labute approximate surface area is 358 Å². The van der Waals surface area contributed by atoms with Crippen molar-refractivity contribution in [2.75, 3.05) is 0 Å². The molecule has 1 aliphatic heterocycles. The minimum absolute atomic E-state index is 0.520. The summed E-state index contributed by atoms with van der Waals surface area (Å²) in [4.78, 5) is 29.5. The van der Waals surface area contributed by atoms with Gasteiger partial charge in [0.25, 0.3) is 0 Å². The Morgan fingerprint density at radius 3 is 1.29 bits per heavy atom. The van der Waals surface area contributed by atoms with Crippen LogP contribution in [0.2, 0.25) is 0 Å². The highest BCUT2D eigenvalue weighted by molar-refractivity contribution is 5.92. The molecule has 7 heteroatoms. The molecule has 0 N–H and O–H groups in total. The predicted molar refractivity (Wildman–Crippen MR) is 243 cm³/mol. The lowest BCUT2D eigenvalue weighted by atomic mass is 9.65. The summed E-state index contributed by atoms with van der Waals surface area (Å²) in [5.74, 6) is 3.12. The molecule has 5 heterocycles. The van der Waals surface area contributed by atoms with Crippen molar-refractivity contribution in [1.29, 1.82) is 0 Å². The van der Waals surface area contributed by atoms with Gasteiger partial charge in [-0.3, -0.25) is 9.97 Å². The summed E-state index contributed by atoms with van der Waals surface area (Å²) in [6.45, 7) is 0.